The molecule has 1 fully saturated rings. The molecule has 1 rings (SSSR count). The van der Waals surface area contributed by atoms with Crippen LogP contribution < -0.4 is 10.6 Å². The summed E-state index contributed by atoms with van der Waals surface area (Å²) in [5.41, 5.74) is 0.176. The Morgan fingerprint density at radius 3 is 2.69 bits per heavy atom. The van der Waals surface area contributed by atoms with E-state index < -0.39 is 0 Å². The van der Waals surface area contributed by atoms with Crippen LogP contribution in [0.25, 0.3) is 0 Å². The van der Waals surface area contributed by atoms with Crippen molar-refractivity contribution in [2.24, 2.45) is 5.41 Å². The number of hydrogen-bond donors (Lipinski definition) is 2. The van der Waals surface area contributed by atoms with E-state index in [-0.39, 0.29) is 11.3 Å². The van der Waals surface area contributed by atoms with Gasteiger partial charge in [-0.05, 0) is 24.7 Å². The summed E-state index contributed by atoms with van der Waals surface area (Å²) in [4.78, 5) is 11.4. The molecule has 0 bridgehead atoms. The fraction of sp³-hybridized carbons (Fsp3) is 0.917. The summed E-state index contributed by atoms with van der Waals surface area (Å²) in [7, 11) is 1.71. The van der Waals surface area contributed by atoms with Gasteiger partial charge in [-0.3, -0.25) is 4.79 Å². The molecule has 4 heteroatoms. The Bertz CT molecular complexity index is 225. The number of rotatable bonds is 8. The van der Waals surface area contributed by atoms with Gasteiger partial charge in [0.15, 0.2) is 0 Å². The lowest BCUT2D eigenvalue weighted by atomic mass is 9.90. The lowest BCUT2D eigenvalue weighted by Crippen LogP contribution is -2.39. The van der Waals surface area contributed by atoms with Crippen molar-refractivity contribution in [2.45, 2.75) is 39.2 Å². The van der Waals surface area contributed by atoms with Gasteiger partial charge in [0.1, 0.15) is 0 Å². The van der Waals surface area contributed by atoms with Gasteiger partial charge in [0.05, 0.1) is 6.54 Å². The molecule has 0 radical (unpaired) electrons. The van der Waals surface area contributed by atoms with Crippen molar-refractivity contribution in [3.8, 4) is 0 Å². The molecule has 0 aromatic carbocycles. The first-order valence-corrected chi connectivity index (χ1v) is 6.02. The van der Waals surface area contributed by atoms with Crippen LogP contribution in [-0.4, -0.2) is 38.8 Å². The third-order valence-electron chi connectivity index (χ3n) is 2.81. The number of nitrogens with one attached hydrogen (secondary N) is 2. The molecule has 0 heterocycles. The number of ether oxygens (including phenoxy) is 1. The summed E-state index contributed by atoms with van der Waals surface area (Å²) < 4.78 is 5.06. The molecule has 0 saturated heterocycles. The van der Waals surface area contributed by atoms with Crippen molar-refractivity contribution in [3.63, 3.8) is 0 Å². The standard InChI is InChI=1S/C12H24N2O2/c1-12(2,6-7-16-3)9-13-8-11(15)14-10-4-5-10/h10,13H,4-9H2,1-3H3,(H,14,15). The highest BCUT2D eigenvalue weighted by atomic mass is 16.5. The zero-order valence-electron chi connectivity index (χ0n) is 10.6. The summed E-state index contributed by atoms with van der Waals surface area (Å²) in [6.07, 6.45) is 3.29. The van der Waals surface area contributed by atoms with Crippen molar-refractivity contribution < 1.29 is 9.53 Å². The molecule has 0 unspecified atom stereocenters. The second kappa shape index (κ2) is 6.21. The van der Waals surface area contributed by atoms with Crippen LogP contribution in [0.5, 0.6) is 0 Å². The van der Waals surface area contributed by atoms with Gasteiger partial charge in [0, 0.05) is 26.3 Å². The quantitative estimate of drug-likeness (QED) is 0.649. The maximum atomic E-state index is 11.4. The first kappa shape index (κ1) is 13.5. The highest BCUT2D eigenvalue weighted by Gasteiger charge is 2.23. The van der Waals surface area contributed by atoms with Crippen molar-refractivity contribution in [3.05, 3.63) is 0 Å². The average molecular weight is 228 g/mol. The van der Waals surface area contributed by atoms with E-state index in [1.54, 1.807) is 7.11 Å². The van der Waals surface area contributed by atoms with Crippen LogP contribution in [0.15, 0.2) is 0 Å². The maximum absolute atomic E-state index is 11.4. The minimum atomic E-state index is 0.116. The molecule has 0 aromatic rings. The lowest BCUT2D eigenvalue weighted by molar-refractivity contribution is -0.120. The summed E-state index contributed by atoms with van der Waals surface area (Å²) in [6, 6.07) is 0.454. The number of carbonyl (C=O) groups excluding carboxylic acids is 1. The van der Waals surface area contributed by atoms with Gasteiger partial charge in [-0.2, -0.15) is 0 Å². The Labute approximate surface area is 98.1 Å². The van der Waals surface area contributed by atoms with E-state index in [1.807, 2.05) is 0 Å². The van der Waals surface area contributed by atoms with Gasteiger partial charge in [-0.25, -0.2) is 0 Å². The lowest BCUT2D eigenvalue weighted by Gasteiger charge is -2.24. The molecule has 0 aliphatic heterocycles. The van der Waals surface area contributed by atoms with Crippen LogP contribution in [-0.2, 0) is 9.53 Å². The molecular weight excluding hydrogens is 204 g/mol. The van der Waals surface area contributed by atoms with Crippen LogP contribution >= 0.6 is 0 Å². The highest BCUT2D eigenvalue weighted by molar-refractivity contribution is 5.78. The molecule has 2 N–H and O–H groups in total. The highest BCUT2D eigenvalue weighted by Crippen LogP contribution is 2.19. The van der Waals surface area contributed by atoms with Crippen molar-refractivity contribution in [1.82, 2.24) is 10.6 Å². The molecule has 0 atom stereocenters. The predicted molar refractivity (Wildman–Crippen MR) is 64.3 cm³/mol. The van der Waals surface area contributed by atoms with Gasteiger partial charge < -0.3 is 15.4 Å². The topological polar surface area (TPSA) is 50.4 Å². The normalized spacial score (nSPS) is 16.2. The van der Waals surface area contributed by atoms with Crippen LogP contribution in [0.2, 0.25) is 0 Å². The number of amides is 1. The Balaban J connectivity index is 2.05. The van der Waals surface area contributed by atoms with E-state index in [9.17, 15) is 4.79 Å². The summed E-state index contributed by atoms with van der Waals surface area (Å²) >= 11 is 0. The fourth-order valence-electron chi connectivity index (χ4n) is 1.49. The van der Waals surface area contributed by atoms with Gasteiger partial charge in [0.25, 0.3) is 0 Å². The Morgan fingerprint density at radius 1 is 1.44 bits per heavy atom. The third-order valence-corrected chi connectivity index (χ3v) is 2.81. The van der Waals surface area contributed by atoms with Crippen molar-refractivity contribution >= 4 is 5.91 Å². The summed E-state index contributed by atoms with van der Waals surface area (Å²) in [5, 5.41) is 6.16. The summed E-state index contributed by atoms with van der Waals surface area (Å²) in [6.45, 7) is 6.39. The van der Waals surface area contributed by atoms with Gasteiger partial charge in [0.2, 0.25) is 5.91 Å². The van der Waals surface area contributed by atoms with E-state index in [0.717, 1.165) is 32.4 Å². The first-order valence-electron chi connectivity index (χ1n) is 6.02. The molecule has 16 heavy (non-hydrogen) atoms. The monoisotopic (exact) mass is 228 g/mol. The summed E-state index contributed by atoms with van der Waals surface area (Å²) in [5.74, 6) is 0.116. The van der Waals surface area contributed by atoms with Gasteiger partial charge in [-0.15, -0.1) is 0 Å². The number of carbonyl (C=O) groups is 1. The molecule has 4 nitrogen and oxygen atoms in total. The van der Waals surface area contributed by atoms with E-state index >= 15 is 0 Å². The predicted octanol–water partition coefficient (Wildman–Crippen LogP) is 0.917. The zero-order chi connectivity index (χ0) is 12.0. The molecule has 1 amide bonds. The largest absolute Gasteiger partial charge is 0.385 e. The maximum Gasteiger partial charge on any atom is 0.234 e. The third kappa shape index (κ3) is 6.08. The zero-order valence-corrected chi connectivity index (χ0v) is 10.6. The molecule has 0 aromatic heterocycles. The second-order valence-electron chi connectivity index (χ2n) is 5.35. The Morgan fingerprint density at radius 2 is 2.12 bits per heavy atom. The van der Waals surface area contributed by atoms with E-state index in [2.05, 4.69) is 24.5 Å². The van der Waals surface area contributed by atoms with Crippen molar-refractivity contribution in [2.75, 3.05) is 26.8 Å². The minimum Gasteiger partial charge on any atom is -0.385 e. The van der Waals surface area contributed by atoms with Gasteiger partial charge in [-0.1, -0.05) is 13.8 Å². The number of methoxy groups -OCH3 is 1. The Hall–Kier alpha value is -0.610. The fourth-order valence-corrected chi connectivity index (χ4v) is 1.49. The molecule has 1 aliphatic rings. The molecule has 1 aliphatic carbocycles. The smallest absolute Gasteiger partial charge is 0.234 e. The Kier molecular flexibility index (Phi) is 5.22. The van der Waals surface area contributed by atoms with E-state index in [0.29, 0.717) is 12.6 Å². The molecule has 0 spiro atoms. The van der Waals surface area contributed by atoms with Gasteiger partial charge >= 0.3 is 0 Å². The first-order chi connectivity index (χ1) is 7.53. The van der Waals surface area contributed by atoms with Crippen LogP contribution in [0.3, 0.4) is 0 Å². The molecule has 94 valence electrons. The molecular formula is C12H24N2O2. The number of hydrogen-bond acceptors (Lipinski definition) is 3. The van der Waals surface area contributed by atoms with Crippen LogP contribution in [0.1, 0.15) is 33.1 Å². The average Bonchev–Trinajstić information content (AvgIpc) is 2.98. The SMILES string of the molecule is COCCC(C)(C)CNCC(=O)NC1CC1. The van der Waals surface area contributed by atoms with E-state index in [1.165, 1.54) is 0 Å². The van der Waals surface area contributed by atoms with Crippen LogP contribution in [0, 0.1) is 5.41 Å². The van der Waals surface area contributed by atoms with Crippen molar-refractivity contribution in [1.29, 1.82) is 0 Å². The molecule has 1 saturated carbocycles. The minimum absolute atomic E-state index is 0.116. The van der Waals surface area contributed by atoms with Crippen LogP contribution in [0.4, 0.5) is 0 Å². The second-order valence-corrected chi connectivity index (χ2v) is 5.35. The van der Waals surface area contributed by atoms with E-state index in [4.69, 9.17) is 4.74 Å².